The molecule has 0 aliphatic rings. The van der Waals surface area contributed by atoms with Crippen LogP contribution in [0.15, 0.2) is 12.1 Å². The van der Waals surface area contributed by atoms with E-state index in [2.05, 4.69) is 10.6 Å². The fourth-order valence-corrected chi connectivity index (χ4v) is 1.82. The molecule has 0 aliphatic carbocycles. The SMILES string of the molecule is CCNC(=O)C(C)Nc1cc(Cl)c(C)cc1Cl. The van der Waals surface area contributed by atoms with E-state index in [0.29, 0.717) is 22.3 Å². The van der Waals surface area contributed by atoms with E-state index in [9.17, 15) is 4.79 Å². The van der Waals surface area contributed by atoms with Crippen LogP contribution in [0, 0.1) is 6.92 Å². The zero-order chi connectivity index (χ0) is 13.0. The molecule has 0 heterocycles. The van der Waals surface area contributed by atoms with E-state index in [4.69, 9.17) is 23.2 Å². The zero-order valence-corrected chi connectivity index (χ0v) is 11.6. The number of benzene rings is 1. The van der Waals surface area contributed by atoms with Gasteiger partial charge in [0.05, 0.1) is 10.7 Å². The molecule has 0 saturated heterocycles. The lowest BCUT2D eigenvalue weighted by atomic mass is 10.2. The van der Waals surface area contributed by atoms with Crippen LogP contribution < -0.4 is 10.6 Å². The highest BCUT2D eigenvalue weighted by Gasteiger charge is 2.13. The number of aryl methyl sites for hydroxylation is 1. The predicted molar refractivity (Wildman–Crippen MR) is 73.0 cm³/mol. The van der Waals surface area contributed by atoms with Gasteiger partial charge in [0.15, 0.2) is 0 Å². The molecule has 1 aromatic carbocycles. The molecule has 1 aromatic rings. The Morgan fingerprint density at radius 1 is 1.35 bits per heavy atom. The van der Waals surface area contributed by atoms with Gasteiger partial charge in [-0.25, -0.2) is 0 Å². The molecular formula is C12H16Cl2N2O. The van der Waals surface area contributed by atoms with Gasteiger partial charge in [0.1, 0.15) is 6.04 Å². The van der Waals surface area contributed by atoms with Crippen molar-refractivity contribution in [2.45, 2.75) is 26.8 Å². The third-order valence-corrected chi connectivity index (χ3v) is 3.08. The molecule has 1 atom stereocenters. The van der Waals surface area contributed by atoms with Gasteiger partial charge in [-0.1, -0.05) is 23.2 Å². The van der Waals surface area contributed by atoms with E-state index in [1.54, 1.807) is 19.1 Å². The molecule has 0 bridgehead atoms. The second kappa shape index (κ2) is 6.12. The van der Waals surface area contributed by atoms with E-state index in [1.165, 1.54) is 0 Å². The first-order chi connectivity index (χ1) is 7.95. The van der Waals surface area contributed by atoms with E-state index >= 15 is 0 Å². The van der Waals surface area contributed by atoms with Crippen LogP contribution in [0.3, 0.4) is 0 Å². The Bertz CT molecular complexity index is 421. The minimum absolute atomic E-state index is 0.0692. The molecule has 1 amide bonds. The molecule has 0 spiro atoms. The number of amides is 1. The lowest BCUT2D eigenvalue weighted by molar-refractivity contribution is -0.121. The normalized spacial score (nSPS) is 12.1. The molecule has 17 heavy (non-hydrogen) atoms. The van der Waals surface area contributed by atoms with Gasteiger partial charge in [-0.2, -0.15) is 0 Å². The Morgan fingerprint density at radius 2 is 2.00 bits per heavy atom. The minimum Gasteiger partial charge on any atom is -0.373 e. The average Bonchev–Trinajstić information content (AvgIpc) is 2.26. The largest absolute Gasteiger partial charge is 0.373 e. The monoisotopic (exact) mass is 274 g/mol. The molecule has 1 unspecified atom stereocenters. The summed E-state index contributed by atoms with van der Waals surface area (Å²) in [6, 6.07) is 3.15. The fourth-order valence-electron chi connectivity index (χ4n) is 1.38. The van der Waals surface area contributed by atoms with Crippen LogP contribution in [0.4, 0.5) is 5.69 Å². The minimum atomic E-state index is -0.355. The van der Waals surface area contributed by atoms with Crippen molar-refractivity contribution in [1.29, 1.82) is 0 Å². The molecule has 0 fully saturated rings. The molecule has 3 nitrogen and oxygen atoms in total. The van der Waals surface area contributed by atoms with Gasteiger partial charge in [0, 0.05) is 11.6 Å². The zero-order valence-electron chi connectivity index (χ0n) is 10.1. The maximum atomic E-state index is 11.6. The van der Waals surface area contributed by atoms with Gasteiger partial charge in [0.2, 0.25) is 5.91 Å². The summed E-state index contributed by atoms with van der Waals surface area (Å²) in [7, 11) is 0. The summed E-state index contributed by atoms with van der Waals surface area (Å²) in [6.45, 7) is 6.13. The summed E-state index contributed by atoms with van der Waals surface area (Å²) in [4.78, 5) is 11.6. The van der Waals surface area contributed by atoms with Crippen LogP contribution in [-0.2, 0) is 4.79 Å². The summed E-state index contributed by atoms with van der Waals surface area (Å²) in [6.07, 6.45) is 0. The Kier molecular flexibility index (Phi) is 5.09. The van der Waals surface area contributed by atoms with Crippen LogP contribution in [0.2, 0.25) is 10.0 Å². The first-order valence-corrected chi connectivity index (χ1v) is 6.21. The summed E-state index contributed by atoms with van der Waals surface area (Å²) in [5.74, 6) is -0.0692. The maximum absolute atomic E-state index is 11.6. The van der Waals surface area contributed by atoms with Crippen molar-refractivity contribution in [3.05, 3.63) is 27.7 Å². The Labute approximate surface area is 111 Å². The second-order valence-electron chi connectivity index (χ2n) is 3.84. The number of hydrogen-bond acceptors (Lipinski definition) is 2. The summed E-state index contributed by atoms with van der Waals surface area (Å²) >= 11 is 12.1. The molecule has 0 saturated carbocycles. The van der Waals surface area contributed by atoms with E-state index in [1.807, 2.05) is 13.8 Å². The van der Waals surface area contributed by atoms with Gasteiger partial charge in [-0.3, -0.25) is 4.79 Å². The first kappa shape index (κ1) is 14.1. The number of carbonyl (C=O) groups excluding carboxylic acids is 1. The lowest BCUT2D eigenvalue weighted by Crippen LogP contribution is -2.37. The molecule has 0 aromatic heterocycles. The van der Waals surface area contributed by atoms with Gasteiger partial charge in [0.25, 0.3) is 0 Å². The van der Waals surface area contributed by atoms with Crippen LogP contribution >= 0.6 is 23.2 Å². The Morgan fingerprint density at radius 3 is 2.59 bits per heavy atom. The van der Waals surface area contributed by atoms with E-state index in [0.717, 1.165) is 5.56 Å². The summed E-state index contributed by atoms with van der Waals surface area (Å²) < 4.78 is 0. The molecule has 5 heteroatoms. The number of hydrogen-bond donors (Lipinski definition) is 2. The van der Waals surface area contributed by atoms with Crippen molar-refractivity contribution < 1.29 is 4.79 Å². The lowest BCUT2D eigenvalue weighted by Gasteiger charge is -2.16. The highest BCUT2D eigenvalue weighted by atomic mass is 35.5. The molecule has 0 radical (unpaired) electrons. The van der Waals surface area contributed by atoms with Gasteiger partial charge in [-0.15, -0.1) is 0 Å². The fraction of sp³-hybridized carbons (Fsp3) is 0.417. The molecule has 1 rings (SSSR count). The van der Waals surface area contributed by atoms with Gasteiger partial charge < -0.3 is 10.6 Å². The topological polar surface area (TPSA) is 41.1 Å². The van der Waals surface area contributed by atoms with Crippen molar-refractivity contribution in [3.8, 4) is 0 Å². The standard InChI is InChI=1S/C12H16Cl2N2O/c1-4-15-12(17)8(3)16-11-6-9(13)7(2)5-10(11)14/h5-6,8,16H,4H2,1-3H3,(H,15,17). The number of likely N-dealkylation sites (N-methyl/N-ethyl adjacent to an activating group) is 1. The summed E-state index contributed by atoms with van der Waals surface area (Å²) in [5, 5.41) is 6.95. The first-order valence-electron chi connectivity index (χ1n) is 5.45. The van der Waals surface area contributed by atoms with Gasteiger partial charge in [-0.05, 0) is 38.5 Å². The van der Waals surface area contributed by atoms with Gasteiger partial charge >= 0.3 is 0 Å². The number of anilines is 1. The Hall–Kier alpha value is -0.930. The predicted octanol–water partition coefficient (Wildman–Crippen LogP) is 3.24. The molecule has 0 aliphatic heterocycles. The third kappa shape index (κ3) is 3.79. The Balaban J connectivity index is 2.81. The molecular weight excluding hydrogens is 259 g/mol. The van der Waals surface area contributed by atoms with Crippen LogP contribution in [-0.4, -0.2) is 18.5 Å². The molecule has 94 valence electrons. The van der Waals surface area contributed by atoms with Crippen molar-refractivity contribution in [3.63, 3.8) is 0 Å². The number of rotatable bonds is 4. The van der Waals surface area contributed by atoms with Crippen LogP contribution in [0.25, 0.3) is 0 Å². The highest BCUT2D eigenvalue weighted by Crippen LogP contribution is 2.29. The maximum Gasteiger partial charge on any atom is 0.242 e. The van der Waals surface area contributed by atoms with Crippen LogP contribution in [0.5, 0.6) is 0 Å². The number of nitrogens with one attached hydrogen (secondary N) is 2. The highest BCUT2D eigenvalue weighted by molar-refractivity contribution is 6.35. The van der Waals surface area contributed by atoms with Crippen molar-refractivity contribution in [2.24, 2.45) is 0 Å². The number of carbonyl (C=O) groups is 1. The van der Waals surface area contributed by atoms with E-state index in [-0.39, 0.29) is 11.9 Å². The smallest absolute Gasteiger partial charge is 0.242 e. The summed E-state index contributed by atoms with van der Waals surface area (Å²) in [5.41, 5.74) is 1.58. The third-order valence-electron chi connectivity index (χ3n) is 2.36. The van der Waals surface area contributed by atoms with Crippen LogP contribution in [0.1, 0.15) is 19.4 Å². The van der Waals surface area contributed by atoms with Crippen molar-refractivity contribution in [1.82, 2.24) is 5.32 Å². The van der Waals surface area contributed by atoms with Crippen molar-refractivity contribution in [2.75, 3.05) is 11.9 Å². The average molecular weight is 275 g/mol. The quantitative estimate of drug-likeness (QED) is 0.885. The second-order valence-corrected chi connectivity index (χ2v) is 4.66. The van der Waals surface area contributed by atoms with Crippen molar-refractivity contribution >= 4 is 34.8 Å². The van der Waals surface area contributed by atoms with E-state index < -0.39 is 0 Å². The molecule has 2 N–H and O–H groups in total. The number of halogens is 2.